The Bertz CT molecular complexity index is 423. The van der Waals surface area contributed by atoms with E-state index in [1.807, 2.05) is 30.9 Å². The van der Waals surface area contributed by atoms with Gasteiger partial charge in [0, 0.05) is 24.1 Å². The molecule has 0 aliphatic carbocycles. The van der Waals surface area contributed by atoms with Crippen LogP contribution in [0.1, 0.15) is 25.8 Å². The van der Waals surface area contributed by atoms with E-state index in [0.717, 1.165) is 6.42 Å². The highest BCUT2D eigenvalue weighted by molar-refractivity contribution is 8.01. The number of rotatable bonds is 5. The van der Waals surface area contributed by atoms with Gasteiger partial charge in [-0.2, -0.15) is 0 Å². The summed E-state index contributed by atoms with van der Waals surface area (Å²) in [4.78, 5) is 15.7. The van der Waals surface area contributed by atoms with Crippen LogP contribution in [-0.2, 0) is 11.2 Å². The number of aliphatic hydroxyl groups excluding tert-OH is 1. The Kier molecular flexibility index (Phi) is 4.88. The van der Waals surface area contributed by atoms with Crippen LogP contribution >= 0.6 is 11.8 Å². The number of aliphatic hydroxyl groups is 1. The Labute approximate surface area is 119 Å². The molecule has 1 aliphatic rings. The lowest BCUT2D eigenvalue weighted by Crippen LogP contribution is -2.43. The lowest BCUT2D eigenvalue weighted by atomic mass is 10.1. The van der Waals surface area contributed by atoms with Gasteiger partial charge < -0.3 is 10.0 Å². The van der Waals surface area contributed by atoms with Crippen LogP contribution in [0.3, 0.4) is 0 Å². The smallest absolute Gasteiger partial charge is 0.236 e. The lowest BCUT2D eigenvalue weighted by Gasteiger charge is -2.28. The van der Waals surface area contributed by atoms with E-state index in [2.05, 4.69) is 12.1 Å². The van der Waals surface area contributed by atoms with Crippen LogP contribution in [0.2, 0.25) is 0 Å². The van der Waals surface area contributed by atoms with Gasteiger partial charge in [0.05, 0.1) is 5.25 Å². The summed E-state index contributed by atoms with van der Waals surface area (Å²) in [5, 5.41) is 8.94. The van der Waals surface area contributed by atoms with E-state index >= 15 is 0 Å². The molecule has 0 saturated carbocycles. The minimum absolute atomic E-state index is 0.00140. The maximum Gasteiger partial charge on any atom is 0.236 e. The van der Waals surface area contributed by atoms with E-state index in [4.69, 9.17) is 5.11 Å². The third-order valence-corrected chi connectivity index (χ3v) is 4.69. The number of benzene rings is 1. The molecule has 104 valence electrons. The summed E-state index contributed by atoms with van der Waals surface area (Å²) in [5.41, 5.74) is 1.27. The summed E-state index contributed by atoms with van der Waals surface area (Å²) < 4.78 is 0. The minimum Gasteiger partial charge on any atom is -0.396 e. The molecule has 1 aliphatic heterocycles. The standard InChI is InChI=1S/C15H21NO2S/c1-11(2)16(8-5-9-17)15(18)14-10-12-6-3-4-7-13(12)19-14/h3-4,6-7,11,14,17H,5,8-10H2,1-2H3. The number of amides is 1. The Morgan fingerprint density at radius 3 is 2.84 bits per heavy atom. The molecule has 1 aromatic rings. The van der Waals surface area contributed by atoms with Crippen molar-refractivity contribution in [1.29, 1.82) is 0 Å². The summed E-state index contributed by atoms with van der Waals surface area (Å²) in [6, 6.07) is 8.41. The monoisotopic (exact) mass is 279 g/mol. The zero-order valence-corrected chi connectivity index (χ0v) is 12.3. The Morgan fingerprint density at radius 1 is 1.47 bits per heavy atom. The summed E-state index contributed by atoms with van der Waals surface area (Å²) in [7, 11) is 0. The van der Waals surface area contributed by atoms with Crippen molar-refractivity contribution < 1.29 is 9.90 Å². The number of nitrogens with zero attached hydrogens (tertiary/aromatic N) is 1. The molecule has 0 saturated heterocycles. The number of hydrogen-bond acceptors (Lipinski definition) is 3. The fourth-order valence-electron chi connectivity index (χ4n) is 2.37. The second kappa shape index (κ2) is 6.44. The van der Waals surface area contributed by atoms with Crippen molar-refractivity contribution in [3.8, 4) is 0 Å². The predicted molar refractivity (Wildman–Crippen MR) is 78.3 cm³/mol. The van der Waals surface area contributed by atoms with Gasteiger partial charge in [0.2, 0.25) is 5.91 Å². The Balaban J connectivity index is 2.04. The first-order valence-corrected chi connectivity index (χ1v) is 7.67. The molecule has 0 spiro atoms. The average molecular weight is 279 g/mol. The van der Waals surface area contributed by atoms with Gasteiger partial charge >= 0.3 is 0 Å². The second-order valence-electron chi connectivity index (χ2n) is 5.12. The number of thioether (sulfide) groups is 1. The first-order chi connectivity index (χ1) is 9.13. The molecular weight excluding hydrogens is 258 g/mol. The molecule has 3 nitrogen and oxygen atoms in total. The summed E-state index contributed by atoms with van der Waals surface area (Å²) in [6.45, 7) is 4.83. The molecular formula is C15H21NO2S. The highest BCUT2D eigenvalue weighted by atomic mass is 32.2. The molecule has 0 bridgehead atoms. The maximum atomic E-state index is 12.6. The number of carbonyl (C=O) groups excluding carboxylic acids is 1. The van der Waals surface area contributed by atoms with Gasteiger partial charge in [-0.25, -0.2) is 0 Å². The van der Waals surface area contributed by atoms with Crippen LogP contribution in [0.25, 0.3) is 0 Å². The first-order valence-electron chi connectivity index (χ1n) is 6.79. The predicted octanol–water partition coefficient (Wildman–Crippen LogP) is 2.32. The summed E-state index contributed by atoms with van der Waals surface area (Å²) in [6.07, 6.45) is 1.47. The van der Waals surface area contributed by atoms with Gasteiger partial charge in [0.25, 0.3) is 0 Å². The van der Waals surface area contributed by atoms with E-state index in [9.17, 15) is 4.79 Å². The van der Waals surface area contributed by atoms with Crippen molar-refractivity contribution in [2.75, 3.05) is 13.2 Å². The van der Waals surface area contributed by atoms with Crippen LogP contribution in [-0.4, -0.2) is 40.4 Å². The zero-order valence-electron chi connectivity index (χ0n) is 11.5. The second-order valence-corrected chi connectivity index (χ2v) is 6.37. The largest absolute Gasteiger partial charge is 0.396 e. The maximum absolute atomic E-state index is 12.6. The Hall–Kier alpha value is -1.00. The van der Waals surface area contributed by atoms with Gasteiger partial charge in [-0.1, -0.05) is 18.2 Å². The van der Waals surface area contributed by atoms with Crippen LogP contribution in [0, 0.1) is 0 Å². The van der Waals surface area contributed by atoms with Crippen molar-refractivity contribution in [3.05, 3.63) is 29.8 Å². The lowest BCUT2D eigenvalue weighted by molar-refractivity contribution is -0.132. The van der Waals surface area contributed by atoms with Crippen LogP contribution < -0.4 is 0 Å². The molecule has 0 fully saturated rings. The fourth-order valence-corrected chi connectivity index (χ4v) is 3.63. The van der Waals surface area contributed by atoms with Crippen molar-refractivity contribution in [3.63, 3.8) is 0 Å². The van der Waals surface area contributed by atoms with Crippen LogP contribution in [0.4, 0.5) is 0 Å². The zero-order chi connectivity index (χ0) is 13.8. The fraction of sp³-hybridized carbons (Fsp3) is 0.533. The molecule has 1 unspecified atom stereocenters. The molecule has 1 amide bonds. The van der Waals surface area contributed by atoms with E-state index < -0.39 is 0 Å². The normalized spacial score (nSPS) is 17.6. The molecule has 2 rings (SSSR count). The van der Waals surface area contributed by atoms with Gasteiger partial charge in [0.1, 0.15) is 0 Å². The summed E-state index contributed by atoms with van der Waals surface area (Å²) >= 11 is 1.67. The van der Waals surface area contributed by atoms with Gasteiger partial charge in [-0.05, 0) is 38.3 Å². The SMILES string of the molecule is CC(C)N(CCCO)C(=O)C1Cc2ccccc2S1. The molecule has 0 radical (unpaired) electrons. The van der Waals surface area contributed by atoms with E-state index in [1.54, 1.807) is 11.8 Å². The van der Waals surface area contributed by atoms with Crippen molar-refractivity contribution in [2.24, 2.45) is 0 Å². The number of hydrogen-bond donors (Lipinski definition) is 1. The van der Waals surface area contributed by atoms with Gasteiger partial charge in [-0.15, -0.1) is 11.8 Å². The number of fused-ring (bicyclic) bond motifs is 1. The quantitative estimate of drug-likeness (QED) is 0.899. The van der Waals surface area contributed by atoms with Gasteiger partial charge in [0.15, 0.2) is 0 Å². The van der Waals surface area contributed by atoms with E-state index in [0.29, 0.717) is 13.0 Å². The molecule has 1 aromatic carbocycles. The molecule has 1 atom stereocenters. The van der Waals surface area contributed by atoms with Crippen LogP contribution in [0.5, 0.6) is 0 Å². The Morgan fingerprint density at radius 2 is 2.21 bits per heavy atom. The molecule has 1 N–H and O–H groups in total. The third-order valence-electron chi connectivity index (χ3n) is 3.39. The third kappa shape index (κ3) is 3.31. The molecule has 19 heavy (non-hydrogen) atoms. The van der Waals surface area contributed by atoms with E-state index in [-0.39, 0.29) is 23.8 Å². The van der Waals surface area contributed by atoms with Crippen LogP contribution in [0.15, 0.2) is 29.2 Å². The molecule has 0 aromatic heterocycles. The number of carbonyl (C=O) groups is 1. The van der Waals surface area contributed by atoms with E-state index in [1.165, 1.54) is 10.5 Å². The highest BCUT2D eigenvalue weighted by Crippen LogP contribution is 2.37. The van der Waals surface area contributed by atoms with Gasteiger partial charge in [-0.3, -0.25) is 4.79 Å². The molecule has 4 heteroatoms. The van der Waals surface area contributed by atoms with Crippen molar-refractivity contribution >= 4 is 17.7 Å². The average Bonchev–Trinajstić information content (AvgIpc) is 2.82. The first kappa shape index (κ1) is 14.4. The molecule has 1 heterocycles. The van der Waals surface area contributed by atoms with Crippen molar-refractivity contribution in [2.45, 2.75) is 42.9 Å². The van der Waals surface area contributed by atoms with Crippen molar-refractivity contribution in [1.82, 2.24) is 4.90 Å². The summed E-state index contributed by atoms with van der Waals surface area (Å²) in [5.74, 6) is 0.199. The highest BCUT2D eigenvalue weighted by Gasteiger charge is 2.31. The minimum atomic E-state index is -0.00140. The topological polar surface area (TPSA) is 40.5 Å².